The SMILES string of the molecule is CSCCC1NC(=O)C(CC(=O)NCCN(C)C)NC1=O. The fraction of sp³-hybridized carbons (Fsp3) is 0.769. The van der Waals surface area contributed by atoms with Crippen LogP contribution in [0.1, 0.15) is 12.8 Å². The first kappa shape index (κ1) is 17.8. The van der Waals surface area contributed by atoms with E-state index in [0.29, 0.717) is 13.0 Å². The van der Waals surface area contributed by atoms with Crippen molar-refractivity contribution in [3.05, 3.63) is 0 Å². The fourth-order valence-corrected chi connectivity index (χ4v) is 2.41. The molecular weight excluding hydrogens is 292 g/mol. The van der Waals surface area contributed by atoms with Crippen molar-refractivity contribution in [3.8, 4) is 0 Å². The van der Waals surface area contributed by atoms with Gasteiger partial charge in [-0.25, -0.2) is 0 Å². The van der Waals surface area contributed by atoms with Crippen molar-refractivity contribution in [3.63, 3.8) is 0 Å². The molecule has 0 aromatic carbocycles. The van der Waals surface area contributed by atoms with Crippen LogP contribution in [0.25, 0.3) is 0 Å². The molecular formula is C13H24N4O3S. The van der Waals surface area contributed by atoms with Crippen LogP contribution in [0, 0.1) is 0 Å². The molecule has 0 aromatic rings. The highest BCUT2D eigenvalue weighted by molar-refractivity contribution is 7.98. The Hall–Kier alpha value is -1.28. The molecule has 1 saturated heterocycles. The second kappa shape index (κ2) is 8.89. The normalized spacial score (nSPS) is 21.9. The first-order valence-electron chi connectivity index (χ1n) is 6.95. The van der Waals surface area contributed by atoms with Crippen molar-refractivity contribution < 1.29 is 14.4 Å². The number of piperazine rings is 1. The van der Waals surface area contributed by atoms with Gasteiger partial charge in [-0.2, -0.15) is 11.8 Å². The molecule has 3 amide bonds. The molecule has 8 heteroatoms. The van der Waals surface area contributed by atoms with E-state index in [-0.39, 0.29) is 24.1 Å². The molecule has 21 heavy (non-hydrogen) atoms. The Morgan fingerprint density at radius 3 is 2.48 bits per heavy atom. The molecule has 120 valence electrons. The molecule has 1 fully saturated rings. The number of carbonyl (C=O) groups excluding carboxylic acids is 3. The van der Waals surface area contributed by atoms with Crippen LogP contribution in [0.2, 0.25) is 0 Å². The number of hydrogen-bond donors (Lipinski definition) is 3. The smallest absolute Gasteiger partial charge is 0.243 e. The summed E-state index contributed by atoms with van der Waals surface area (Å²) in [4.78, 5) is 37.5. The van der Waals surface area contributed by atoms with E-state index >= 15 is 0 Å². The number of hydrogen-bond acceptors (Lipinski definition) is 5. The van der Waals surface area contributed by atoms with Gasteiger partial charge < -0.3 is 20.9 Å². The maximum Gasteiger partial charge on any atom is 0.243 e. The molecule has 2 atom stereocenters. The number of rotatable bonds is 8. The van der Waals surface area contributed by atoms with Crippen molar-refractivity contribution in [2.75, 3.05) is 39.2 Å². The van der Waals surface area contributed by atoms with Gasteiger partial charge in [0.2, 0.25) is 17.7 Å². The van der Waals surface area contributed by atoms with Crippen LogP contribution >= 0.6 is 11.8 Å². The van der Waals surface area contributed by atoms with E-state index in [1.165, 1.54) is 0 Å². The molecule has 0 bridgehead atoms. The molecule has 1 heterocycles. The standard InChI is InChI=1S/C13H24N4O3S/c1-17(2)6-5-14-11(18)8-10-13(20)15-9(4-7-21-3)12(19)16-10/h9-10H,4-8H2,1-3H3,(H,14,18)(H,15,20)(H,16,19). The second-order valence-electron chi connectivity index (χ2n) is 5.26. The van der Waals surface area contributed by atoms with Gasteiger partial charge in [-0.3, -0.25) is 14.4 Å². The lowest BCUT2D eigenvalue weighted by molar-refractivity contribution is -0.138. The summed E-state index contributed by atoms with van der Waals surface area (Å²) in [5.74, 6) is 0.0618. The largest absolute Gasteiger partial charge is 0.355 e. The zero-order valence-corrected chi connectivity index (χ0v) is 13.6. The Labute approximate surface area is 129 Å². The summed E-state index contributed by atoms with van der Waals surface area (Å²) in [5, 5.41) is 8.03. The van der Waals surface area contributed by atoms with Crippen LogP contribution in [-0.4, -0.2) is 73.9 Å². The Balaban J connectivity index is 2.38. The monoisotopic (exact) mass is 316 g/mol. The fourth-order valence-electron chi connectivity index (χ4n) is 1.93. The highest BCUT2D eigenvalue weighted by atomic mass is 32.2. The summed E-state index contributed by atoms with van der Waals surface area (Å²) in [6, 6.07) is -1.26. The van der Waals surface area contributed by atoms with Crippen LogP contribution in [0.5, 0.6) is 0 Å². The summed E-state index contributed by atoms with van der Waals surface area (Å²) in [6.45, 7) is 1.25. The molecule has 0 radical (unpaired) electrons. The summed E-state index contributed by atoms with van der Waals surface area (Å²) < 4.78 is 0. The summed E-state index contributed by atoms with van der Waals surface area (Å²) in [6.07, 6.45) is 2.52. The maximum absolute atomic E-state index is 11.9. The topological polar surface area (TPSA) is 90.5 Å². The molecule has 0 saturated carbocycles. The van der Waals surface area contributed by atoms with Crippen LogP contribution < -0.4 is 16.0 Å². The van der Waals surface area contributed by atoms with Gasteiger partial charge in [-0.05, 0) is 32.5 Å². The first-order chi connectivity index (χ1) is 9.93. The zero-order chi connectivity index (χ0) is 15.8. The minimum Gasteiger partial charge on any atom is -0.355 e. The minimum atomic E-state index is -0.776. The van der Waals surface area contributed by atoms with Crippen LogP contribution in [0.3, 0.4) is 0 Å². The third-order valence-corrected chi connectivity index (χ3v) is 3.79. The zero-order valence-electron chi connectivity index (χ0n) is 12.8. The van der Waals surface area contributed by atoms with Gasteiger partial charge in [-0.15, -0.1) is 0 Å². The number of thioether (sulfide) groups is 1. The van der Waals surface area contributed by atoms with Gasteiger partial charge in [0.25, 0.3) is 0 Å². The van der Waals surface area contributed by atoms with Gasteiger partial charge in [0.1, 0.15) is 12.1 Å². The van der Waals surface area contributed by atoms with E-state index in [4.69, 9.17) is 0 Å². The number of nitrogens with one attached hydrogen (secondary N) is 3. The molecule has 1 aliphatic rings. The molecule has 2 unspecified atom stereocenters. The molecule has 0 spiro atoms. The highest BCUT2D eigenvalue weighted by Crippen LogP contribution is 2.07. The van der Waals surface area contributed by atoms with E-state index in [9.17, 15) is 14.4 Å². The van der Waals surface area contributed by atoms with Crippen molar-refractivity contribution in [2.24, 2.45) is 0 Å². The summed E-state index contributed by atoms with van der Waals surface area (Å²) >= 11 is 1.62. The molecule has 0 aliphatic carbocycles. The summed E-state index contributed by atoms with van der Waals surface area (Å²) in [5.41, 5.74) is 0. The van der Waals surface area contributed by atoms with Crippen molar-refractivity contribution in [2.45, 2.75) is 24.9 Å². The maximum atomic E-state index is 11.9. The Morgan fingerprint density at radius 2 is 1.86 bits per heavy atom. The van der Waals surface area contributed by atoms with E-state index in [0.717, 1.165) is 12.3 Å². The average molecular weight is 316 g/mol. The molecule has 0 aromatic heterocycles. The second-order valence-corrected chi connectivity index (χ2v) is 6.25. The van der Waals surface area contributed by atoms with Crippen LogP contribution in [-0.2, 0) is 14.4 Å². The predicted molar refractivity (Wildman–Crippen MR) is 83.0 cm³/mol. The minimum absolute atomic E-state index is 0.0275. The van der Waals surface area contributed by atoms with E-state index in [1.54, 1.807) is 11.8 Å². The van der Waals surface area contributed by atoms with Gasteiger partial charge in [-0.1, -0.05) is 0 Å². The summed E-state index contributed by atoms with van der Waals surface area (Å²) in [7, 11) is 3.82. The molecule has 1 rings (SSSR count). The quantitative estimate of drug-likeness (QED) is 0.523. The third-order valence-electron chi connectivity index (χ3n) is 3.15. The third kappa shape index (κ3) is 6.34. The van der Waals surface area contributed by atoms with Gasteiger partial charge in [0, 0.05) is 13.1 Å². The van der Waals surface area contributed by atoms with E-state index in [1.807, 2.05) is 25.3 Å². The lowest BCUT2D eigenvalue weighted by atomic mass is 10.1. The number of carbonyl (C=O) groups is 3. The van der Waals surface area contributed by atoms with Crippen LogP contribution in [0.4, 0.5) is 0 Å². The molecule has 1 aliphatic heterocycles. The van der Waals surface area contributed by atoms with E-state index < -0.39 is 12.1 Å². The van der Waals surface area contributed by atoms with Crippen molar-refractivity contribution in [1.29, 1.82) is 0 Å². The average Bonchev–Trinajstić information content (AvgIpc) is 2.40. The lowest BCUT2D eigenvalue weighted by Gasteiger charge is -2.29. The number of amides is 3. The number of nitrogens with zero attached hydrogens (tertiary/aromatic N) is 1. The molecule has 7 nitrogen and oxygen atoms in total. The lowest BCUT2D eigenvalue weighted by Crippen LogP contribution is -2.62. The van der Waals surface area contributed by atoms with Crippen molar-refractivity contribution >= 4 is 29.5 Å². The Bertz CT molecular complexity index is 390. The molecule has 3 N–H and O–H groups in total. The number of likely N-dealkylation sites (N-methyl/N-ethyl adjacent to an activating group) is 1. The predicted octanol–water partition coefficient (Wildman–Crippen LogP) is -1.21. The van der Waals surface area contributed by atoms with E-state index in [2.05, 4.69) is 16.0 Å². The van der Waals surface area contributed by atoms with Gasteiger partial charge in [0.15, 0.2) is 0 Å². The highest BCUT2D eigenvalue weighted by Gasteiger charge is 2.34. The van der Waals surface area contributed by atoms with Gasteiger partial charge in [0.05, 0.1) is 6.42 Å². The van der Waals surface area contributed by atoms with Gasteiger partial charge >= 0.3 is 0 Å². The first-order valence-corrected chi connectivity index (χ1v) is 8.34. The van der Waals surface area contributed by atoms with Crippen molar-refractivity contribution in [1.82, 2.24) is 20.9 Å². The Kier molecular flexibility index (Phi) is 7.52. The van der Waals surface area contributed by atoms with Crippen LogP contribution in [0.15, 0.2) is 0 Å². The Morgan fingerprint density at radius 1 is 1.24 bits per heavy atom.